The van der Waals surface area contributed by atoms with Gasteiger partial charge in [0.2, 0.25) is 0 Å². The maximum absolute atomic E-state index is 10.3. The molecule has 0 bridgehead atoms. The molecule has 2 rings (SSSR count). The first-order chi connectivity index (χ1) is 9.11. The second-order valence-corrected chi connectivity index (χ2v) is 7.43. The number of aliphatic hydroxyl groups is 1. The minimum Gasteiger partial charge on any atom is -0.492 e. The van der Waals surface area contributed by atoms with Gasteiger partial charge in [-0.05, 0) is 68.1 Å². The monoisotopic (exact) mass is 404 g/mol. The molecule has 0 aliphatic heterocycles. The molecule has 0 aliphatic rings. The zero-order chi connectivity index (χ0) is 13.8. The van der Waals surface area contributed by atoms with E-state index in [-0.39, 0.29) is 0 Å². The smallest absolute Gasteiger partial charge is 0.133 e. The second kappa shape index (κ2) is 6.88. The predicted octanol–water partition coefficient (Wildman–Crippen LogP) is 5.14. The molecule has 1 unspecified atom stereocenters. The molecule has 0 fully saturated rings. The van der Waals surface area contributed by atoms with Crippen LogP contribution in [0.4, 0.5) is 0 Å². The minimum absolute atomic E-state index is 0.604. The van der Waals surface area contributed by atoms with Crippen LogP contribution in [0.25, 0.3) is 0 Å². The van der Waals surface area contributed by atoms with Crippen molar-refractivity contribution in [2.24, 2.45) is 0 Å². The van der Waals surface area contributed by atoms with Crippen molar-refractivity contribution in [2.75, 3.05) is 6.61 Å². The van der Waals surface area contributed by atoms with Crippen LogP contribution in [0.2, 0.25) is 0 Å². The van der Waals surface area contributed by atoms with E-state index in [1.165, 1.54) is 11.3 Å². The molecular weight excluding hydrogens is 392 g/mol. The van der Waals surface area contributed by atoms with Gasteiger partial charge in [-0.25, -0.2) is 0 Å². The summed E-state index contributed by atoms with van der Waals surface area (Å²) in [7, 11) is 0. The molecule has 1 aromatic heterocycles. The Hall–Kier alpha value is -0.360. The van der Waals surface area contributed by atoms with Gasteiger partial charge in [-0.2, -0.15) is 0 Å². The molecule has 1 N–H and O–H groups in total. The molecule has 0 amide bonds. The van der Waals surface area contributed by atoms with Crippen LogP contribution >= 0.6 is 43.2 Å². The van der Waals surface area contributed by atoms with Crippen LogP contribution in [0.3, 0.4) is 0 Å². The van der Waals surface area contributed by atoms with E-state index < -0.39 is 6.10 Å². The van der Waals surface area contributed by atoms with E-state index in [2.05, 4.69) is 38.8 Å². The Morgan fingerprint density at radius 1 is 1.26 bits per heavy atom. The lowest BCUT2D eigenvalue weighted by Gasteiger charge is -2.12. The summed E-state index contributed by atoms with van der Waals surface area (Å²) in [6, 6.07) is 9.56. The molecule has 1 aromatic carbocycles. The molecular formula is C14H14Br2O2S. The van der Waals surface area contributed by atoms with Crippen molar-refractivity contribution in [2.45, 2.75) is 19.4 Å². The normalized spacial score (nSPS) is 12.4. The van der Waals surface area contributed by atoms with E-state index in [0.29, 0.717) is 6.61 Å². The third-order valence-electron chi connectivity index (χ3n) is 2.60. The van der Waals surface area contributed by atoms with Crippen molar-refractivity contribution >= 4 is 43.2 Å². The number of ether oxygens (including phenoxy) is 1. The van der Waals surface area contributed by atoms with Gasteiger partial charge < -0.3 is 9.84 Å². The number of rotatable bonds is 5. The first-order valence-electron chi connectivity index (χ1n) is 5.97. The van der Waals surface area contributed by atoms with Gasteiger partial charge in [-0.1, -0.05) is 13.0 Å². The van der Waals surface area contributed by atoms with Gasteiger partial charge in [-0.3, -0.25) is 0 Å². The largest absolute Gasteiger partial charge is 0.492 e. The molecule has 0 saturated heterocycles. The predicted molar refractivity (Wildman–Crippen MR) is 86.0 cm³/mol. The van der Waals surface area contributed by atoms with E-state index in [1.807, 2.05) is 30.3 Å². The first-order valence-corrected chi connectivity index (χ1v) is 8.37. The van der Waals surface area contributed by atoms with E-state index in [9.17, 15) is 5.11 Å². The topological polar surface area (TPSA) is 29.5 Å². The lowest BCUT2D eigenvalue weighted by Crippen LogP contribution is -1.99. The highest BCUT2D eigenvalue weighted by atomic mass is 79.9. The minimum atomic E-state index is -0.604. The summed E-state index contributed by atoms with van der Waals surface area (Å²) in [5.74, 6) is 0.810. The zero-order valence-corrected chi connectivity index (χ0v) is 14.4. The van der Waals surface area contributed by atoms with Gasteiger partial charge in [0.05, 0.1) is 14.9 Å². The van der Waals surface area contributed by atoms with Crippen molar-refractivity contribution in [1.82, 2.24) is 0 Å². The van der Waals surface area contributed by atoms with Crippen molar-refractivity contribution in [3.05, 3.63) is 49.0 Å². The fourth-order valence-electron chi connectivity index (χ4n) is 1.66. The quantitative estimate of drug-likeness (QED) is 0.745. The van der Waals surface area contributed by atoms with Gasteiger partial charge in [0, 0.05) is 4.88 Å². The Labute approximate surface area is 133 Å². The summed E-state index contributed by atoms with van der Waals surface area (Å²) < 4.78 is 7.48. The third-order valence-corrected chi connectivity index (χ3v) is 4.89. The lowest BCUT2D eigenvalue weighted by molar-refractivity contribution is 0.224. The third kappa shape index (κ3) is 3.81. The van der Waals surface area contributed by atoms with Crippen LogP contribution in [0.1, 0.15) is 29.9 Å². The maximum Gasteiger partial charge on any atom is 0.133 e. The Morgan fingerprint density at radius 3 is 2.63 bits per heavy atom. The van der Waals surface area contributed by atoms with Crippen LogP contribution in [0, 0.1) is 0 Å². The molecule has 1 heterocycles. The summed E-state index contributed by atoms with van der Waals surface area (Å²) in [4.78, 5) is 0.918. The van der Waals surface area contributed by atoms with Gasteiger partial charge in [0.15, 0.2) is 0 Å². The maximum atomic E-state index is 10.3. The fraction of sp³-hybridized carbons (Fsp3) is 0.286. The molecule has 2 aromatic rings. The van der Waals surface area contributed by atoms with E-state index in [1.54, 1.807) is 0 Å². The van der Waals surface area contributed by atoms with Crippen molar-refractivity contribution in [3.8, 4) is 5.75 Å². The van der Waals surface area contributed by atoms with Gasteiger partial charge in [0.25, 0.3) is 0 Å². The van der Waals surface area contributed by atoms with Crippen molar-refractivity contribution < 1.29 is 9.84 Å². The van der Waals surface area contributed by atoms with Crippen molar-refractivity contribution in [3.63, 3.8) is 0 Å². The van der Waals surface area contributed by atoms with Gasteiger partial charge in [0.1, 0.15) is 11.9 Å². The van der Waals surface area contributed by atoms with E-state index in [0.717, 1.165) is 30.9 Å². The van der Waals surface area contributed by atoms with Crippen LogP contribution in [0.5, 0.6) is 5.75 Å². The summed E-state index contributed by atoms with van der Waals surface area (Å²) in [5.41, 5.74) is 0.852. The Balaban J connectivity index is 2.19. The molecule has 1 atom stereocenters. The Kier molecular flexibility index (Phi) is 5.45. The summed E-state index contributed by atoms with van der Waals surface area (Å²) in [5, 5.41) is 10.3. The number of benzene rings is 1. The van der Waals surface area contributed by atoms with Crippen LogP contribution in [0.15, 0.2) is 38.6 Å². The standard InChI is InChI=1S/C14H14Br2O2S/c1-2-7-18-11-4-3-9(8-10(11)15)14(17)12-5-6-13(16)19-12/h3-6,8,14,17H,2,7H2,1H3. The highest BCUT2D eigenvalue weighted by Crippen LogP contribution is 2.34. The van der Waals surface area contributed by atoms with Gasteiger partial charge >= 0.3 is 0 Å². The number of halogens is 2. The molecule has 0 aliphatic carbocycles. The SMILES string of the molecule is CCCOc1ccc(C(O)c2ccc(Br)s2)cc1Br. The highest BCUT2D eigenvalue weighted by molar-refractivity contribution is 9.11. The lowest BCUT2D eigenvalue weighted by atomic mass is 10.1. The highest BCUT2D eigenvalue weighted by Gasteiger charge is 2.14. The number of hydrogen-bond donors (Lipinski definition) is 1. The molecule has 0 radical (unpaired) electrons. The fourth-order valence-corrected chi connectivity index (χ4v) is 3.60. The first kappa shape index (κ1) is 15.0. The van der Waals surface area contributed by atoms with E-state index >= 15 is 0 Å². The number of thiophene rings is 1. The summed E-state index contributed by atoms with van der Waals surface area (Å²) in [6.07, 6.45) is 0.368. The summed E-state index contributed by atoms with van der Waals surface area (Å²) >= 11 is 8.42. The average molecular weight is 406 g/mol. The Morgan fingerprint density at radius 2 is 2.05 bits per heavy atom. The molecule has 19 heavy (non-hydrogen) atoms. The molecule has 5 heteroatoms. The average Bonchev–Trinajstić information content (AvgIpc) is 2.83. The molecule has 0 spiro atoms. The summed E-state index contributed by atoms with van der Waals surface area (Å²) in [6.45, 7) is 2.76. The van der Waals surface area contributed by atoms with Crippen LogP contribution < -0.4 is 4.74 Å². The molecule has 102 valence electrons. The Bertz CT molecular complexity index is 554. The molecule has 0 saturated carbocycles. The van der Waals surface area contributed by atoms with Crippen molar-refractivity contribution in [1.29, 1.82) is 0 Å². The number of hydrogen-bond acceptors (Lipinski definition) is 3. The van der Waals surface area contributed by atoms with Gasteiger partial charge in [-0.15, -0.1) is 11.3 Å². The zero-order valence-electron chi connectivity index (χ0n) is 10.4. The van der Waals surface area contributed by atoms with Crippen LogP contribution in [-0.2, 0) is 0 Å². The second-order valence-electron chi connectivity index (χ2n) is 4.08. The van der Waals surface area contributed by atoms with Crippen LogP contribution in [-0.4, -0.2) is 11.7 Å². The molecule has 2 nitrogen and oxygen atoms in total. The van der Waals surface area contributed by atoms with E-state index in [4.69, 9.17) is 4.74 Å². The number of aliphatic hydroxyl groups excluding tert-OH is 1.